The summed E-state index contributed by atoms with van der Waals surface area (Å²) in [4.78, 5) is 12.0. The summed E-state index contributed by atoms with van der Waals surface area (Å²) in [5.41, 5.74) is 0. The first-order valence-electron chi connectivity index (χ1n) is 6.77. The molecule has 2 fully saturated rings. The average Bonchev–Trinajstić information content (AvgIpc) is 2.31. The molecular formula is C13H24N2O. The van der Waals surface area contributed by atoms with Gasteiger partial charge in [-0.1, -0.05) is 6.92 Å². The summed E-state index contributed by atoms with van der Waals surface area (Å²) in [6.45, 7) is 4.35. The zero-order valence-electron chi connectivity index (χ0n) is 10.3. The molecule has 16 heavy (non-hydrogen) atoms. The fourth-order valence-electron chi connectivity index (χ4n) is 2.82. The minimum absolute atomic E-state index is 0.290. The van der Waals surface area contributed by atoms with E-state index in [-0.39, 0.29) is 5.92 Å². The summed E-state index contributed by atoms with van der Waals surface area (Å²) < 4.78 is 0. The molecule has 1 amide bonds. The van der Waals surface area contributed by atoms with E-state index in [1.165, 1.54) is 19.3 Å². The Morgan fingerprint density at radius 3 is 2.56 bits per heavy atom. The molecule has 1 saturated carbocycles. The van der Waals surface area contributed by atoms with E-state index in [9.17, 15) is 4.79 Å². The number of carbonyl (C=O) groups is 1. The summed E-state index contributed by atoms with van der Waals surface area (Å²) >= 11 is 0. The molecule has 0 bridgehead atoms. The third-order valence-corrected chi connectivity index (χ3v) is 4.03. The van der Waals surface area contributed by atoms with Crippen LogP contribution in [-0.2, 0) is 4.79 Å². The van der Waals surface area contributed by atoms with Crippen LogP contribution in [0, 0.1) is 11.8 Å². The van der Waals surface area contributed by atoms with Gasteiger partial charge < -0.3 is 10.6 Å². The van der Waals surface area contributed by atoms with Crippen LogP contribution in [0.4, 0.5) is 0 Å². The van der Waals surface area contributed by atoms with Crippen LogP contribution in [0.15, 0.2) is 0 Å². The zero-order valence-corrected chi connectivity index (χ0v) is 10.3. The molecule has 2 rings (SSSR count). The Bertz CT molecular complexity index is 228. The van der Waals surface area contributed by atoms with E-state index in [0.717, 1.165) is 38.3 Å². The summed E-state index contributed by atoms with van der Waals surface area (Å²) in [5, 5.41) is 6.54. The third-order valence-electron chi connectivity index (χ3n) is 4.03. The van der Waals surface area contributed by atoms with Gasteiger partial charge >= 0.3 is 0 Å². The van der Waals surface area contributed by atoms with E-state index in [2.05, 4.69) is 17.6 Å². The zero-order chi connectivity index (χ0) is 11.4. The maximum absolute atomic E-state index is 12.0. The lowest BCUT2D eigenvalue weighted by molar-refractivity contribution is -0.127. The van der Waals surface area contributed by atoms with Gasteiger partial charge in [0.25, 0.3) is 0 Å². The monoisotopic (exact) mass is 224 g/mol. The van der Waals surface area contributed by atoms with Crippen molar-refractivity contribution in [3.05, 3.63) is 0 Å². The predicted octanol–water partition coefficient (Wildman–Crippen LogP) is 1.68. The first-order chi connectivity index (χ1) is 7.75. The van der Waals surface area contributed by atoms with Crippen LogP contribution in [0.2, 0.25) is 0 Å². The minimum Gasteiger partial charge on any atom is -0.352 e. The Labute approximate surface area is 98.4 Å². The van der Waals surface area contributed by atoms with Gasteiger partial charge in [0.15, 0.2) is 0 Å². The fourth-order valence-corrected chi connectivity index (χ4v) is 2.82. The van der Waals surface area contributed by atoms with Crippen LogP contribution >= 0.6 is 0 Å². The second-order valence-electron chi connectivity index (χ2n) is 5.51. The van der Waals surface area contributed by atoms with E-state index in [1.807, 2.05) is 0 Å². The Kier molecular flexibility index (Phi) is 4.22. The molecule has 0 aromatic rings. The highest BCUT2D eigenvalue weighted by Crippen LogP contribution is 2.28. The van der Waals surface area contributed by atoms with Crippen molar-refractivity contribution in [3.8, 4) is 0 Å². The Morgan fingerprint density at radius 1 is 1.19 bits per heavy atom. The van der Waals surface area contributed by atoms with Crippen LogP contribution in [0.25, 0.3) is 0 Å². The molecule has 1 heterocycles. The van der Waals surface area contributed by atoms with E-state index in [0.29, 0.717) is 11.9 Å². The fraction of sp³-hybridized carbons (Fsp3) is 0.923. The number of piperidine rings is 1. The van der Waals surface area contributed by atoms with Gasteiger partial charge in [-0.05, 0) is 51.0 Å². The van der Waals surface area contributed by atoms with E-state index in [4.69, 9.17) is 0 Å². The Balaban J connectivity index is 1.74. The molecule has 2 N–H and O–H groups in total. The van der Waals surface area contributed by atoms with Crippen molar-refractivity contribution in [1.82, 2.24) is 10.6 Å². The van der Waals surface area contributed by atoms with Crippen molar-refractivity contribution in [3.63, 3.8) is 0 Å². The molecule has 1 aliphatic carbocycles. The topological polar surface area (TPSA) is 41.1 Å². The van der Waals surface area contributed by atoms with Crippen LogP contribution in [0.3, 0.4) is 0 Å². The molecule has 3 heteroatoms. The maximum atomic E-state index is 12.0. The molecule has 0 aromatic carbocycles. The molecule has 3 nitrogen and oxygen atoms in total. The van der Waals surface area contributed by atoms with Crippen LogP contribution < -0.4 is 10.6 Å². The normalized spacial score (nSPS) is 35.7. The number of amides is 1. The van der Waals surface area contributed by atoms with Gasteiger partial charge in [0.1, 0.15) is 0 Å². The number of hydrogen-bond donors (Lipinski definition) is 2. The van der Waals surface area contributed by atoms with Gasteiger partial charge in [0.05, 0.1) is 0 Å². The van der Waals surface area contributed by atoms with Gasteiger partial charge in [0, 0.05) is 18.5 Å². The number of hydrogen-bond acceptors (Lipinski definition) is 2. The summed E-state index contributed by atoms with van der Waals surface area (Å²) in [7, 11) is 0. The molecule has 1 saturated heterocycles. The van der Waals surface area contributed by atoms with E-state index < -0.39 is 0 Å². The molecule has 92 valence electrons. The van der Waals surface area contributed by atoms with Gasteiger partial charge in [-0.25, -0.2) is 0 Å². The first kappa shape index (κ1) is 11.9. The van der Waals surface area contributed by atoms with Crippen molar-refractivity contribution < 1.29 is 4.79 Å². The lowest BCUT2D eigenvalue weighted by Gasteiger charge is -2.29. The van der Waals surface area contributed by atoms with Crippen LogP contribution in [0.5, 0.6) is 0 Å². The molecular weight excluding hydrogens is 200 g/mol. The van der Waals surface area contributed by atoms with Crippen molar-refractivity contribution in [2.24, 2.45) is 11.8 Å². The number of carbonyl (C=O) groups excluding carboxylic acids is 1. The van der Waals surface area contributed by atoms with Crippen molar-refractivity contribution in [2.45, 2.75) is 51.5 Å². The van der Waals surface area contributed by atoms with Crippen molar-refractivity contribution in [2.75, 3.05) is 13.1 Å². The summed E-state index contributed by atoms with van der Waals surface area (Å²) in [6, 6.07) is 0.376. The second-order valence-corrected chi connectivity index (χ2v) is 5.51. The van der Waals surface area contributed by atoms with Crippen LogP contribution in [-0.4, -0.2) is 25.0 Å². The minimum atomic E-state index is 0.290. The molecule has 0 spiro atoms. The summed E-state index contributed by atoms with van der Waals surface area (Å²) in [6.07, 6.45) is 6.96. The van der Waals surface area contributed by atoms with Gasteiger partial charge in [-0.3, -0.25) is 4.79 Å². The number of nitrogens with one attached hydrogen (secondary N) is 2. The van der Waals surface area contributed by atoms with Crippen LogP contribution in [0.1, 0.15) is 45.4 Å². The SMILES string of the molecule is CC1CCC(C(=O)N[C@H]2CCCNC2)CC1. The molecule has 2 aliphatic rings. The Hall–Kier alpha value is -0.570. The lowest BCUT2D eigenvalue weighted by atomic mass is 9.82. The summed E-state index contributed by atoms with van der Waals surface area (Å²) in [5.74, 6) is 1.42. The van der Waals surface area contributed by atoms with Crippen molar-refractivity contribution in [1.29, 1.82) is 0 Å². The lowest BCUT2D eigenvalue weighted by Crippen LogP contribution is -2.47. The first-order valence-corrected chi connectivity index (χ1v) is 6.77. The highest BCUT2D eigenvalue weighted by atomic mass is 16.1. The predicted molar refractivity (Wildman–Crippen MR) is 65.2 cm³/mol. The molecule has 1 atom stereocenters. The number of rotatable bonds is 2. The largest absolute Gasteiger partial charge is 0.352 e. The smallest absolute Gasteiger partial charge is 0.223 e. The maximum Gasteiger partial charge on any atom is 0.223 e. The van der Waals surface area contributed by atoms with Gasteiger partial charge in [0.2, 0.25) is 5.91 Å². The van der Waals surface area contributed by atoms with E-state index >= 15 is 0 Å². The molecule has 0 unspecified atom stereocenters. The second kappa shape index (κ2) is 5.67. The Morgan fingerprint density at radius 2 is 1.94 bits per heavy atom. The van der Waals surface area contributed by atoms with E-state index in [1.54, 1.807) is 0 Å². The highest BCUT2D eigenvalue weighted by molar-refractivity contribution is 5.79. The van der Waals surface area contributed by atoms with Crippen molar-refractivity contribution >= 4 is 5.91 Å². The standard InChI is InChI=1S/C13H24N2O/c1-10-4-6-11(7-5-10)13(16)15-12-3-2-8-14-9-12/h10-12,14H,2-9H2,1H3,(H,15,16)/t10?,11?,12-/m0/s1. The third kappa shape index (κ3) is 3.21. The highest BCUT2D eigenvalue weighted by Gasteiger charge is 2.26. The molecule has 0 aromatic heterocycles. The van der Waals surface area contributed by atoms with Gasteiger partial charge in [-0.15, -0.1) is 0 Å². The molecule has 0 radical (unpaired) electrons. The quantitative estimate of drug-likeness (QED) is 0.749. The molecule has 1 aliphatic heterocycles. The average molecular weight is 224 g/mol. The van der Waals surface area contributed by atoms with Gasteiger partial charge in [-0.2, -0.15) is 0 Å².